The second-order valence-electron chi connectivity index (χ2n) is 7.09. The maximum Gasteiger partial charge on any atom is 0.221 e. The predicted octanol–water partition coefficient (Wildman–Crippen LogP) is 3.07. The SMILES string of the molecule is CN=C(NCCCN1CCCCCC1)NCCOc1cccc(NC(C)=O)c1.I. The molecule has 0 saturated carbocycles. The van der Waals surface area contributed by atoms with Crippen LogP contribution in [0, 0.1) is 0 Å². The van der Waals surface area contributed by atoms with Crippen LogP contribution < -0.4 is 20.7 Å². The highest BCUT2D eigenvalue weighted by Crippen LogP contribution is 2.17. The molecule has 8 heteroatoms. The lowest BCUT2D eigenvalue weighted by Crippen LogP contribution is -2.40. The van der Waals surface area contributed by atoms with Crippen LogP contribution in [0.15, 0.2) is 29.3 Å². The monoisotopic (exact) mass is 517 g/mol. The molecule has 0 bridgehead atoms. The van der Waals surface area contributed by atoms with Crippen molar-refractivity contribution in [2.24, 2.45) is 4.99 Å². The molecule has 1 aromatic rings. The summed E-state index contributed by atoms with van der Waals surface area (Å²) in [7, 11) is 1.78. The number of carbonyl (C=O) groups is 1. The number of carbonyl (C=O) groups excluding carboxylic acids is 1. The van der Waals surface area contributed by atoms with Gasteiger partial charge < -0.3 is 25.6 Å². The van der Waals surface area contributed by atoms with E-state index in [1.54, 1.807) is 7.05 Å². The molecule has 0 spiro atoms. The van der Waals surface area contributed by atoms with E-state index < -0.39 is 0 Å². The number of nitrogens with one attached hydrogen (secondary N) is 3. The molecule has 0 aliphatic carbocycles. The summed E-state index contributed by atoms with van der Waals surface area (Å²) < 4.78 is 5.74. The second-order valence-corrected chi connectivity index (χ2v) is 7.09. The van der Waals surface area contributed by atoms with Gasteiger partial charge in [-0.2, -0.15) is 0 Å². The van der Waals surface area contributed by atoms with Crippen LogP contribution in [0.2, 0.25) is 0 Å². The first-order valence-corrected chi connectivity index (χ1v) is 10.3. The fourth-order valence-corrected chi connectivity index (χ4v) is 3.30. The minimum atomic E-state index is -0.0930. The topological polar surface area (TPSA) is 78.0 Å². The van der Waals surface area contributed by atoms with E-state index in [1.165, 1.54) is 45.7 Å². The Morgan fingerprint density at radius 3 is 2.55 bits per heavy atom. The molecule has 2 rings (SSSR count). The number of hydrogen-bond donors (Lipinski definition) is 3. The van der Waals surface area contributed by atoms with Gasteiger partial charge in [0.1, 0.15) is 12.4 Å². The first-order chi connectivity index (χ1) is 13.7. The van der Waals surface area contributed by atoms with Crippen LogP contribution in [0.5, 0.6) is 5.75 Å². The average molecular weight is 517 g/mol. The summed E-state index contributed by atoms with van der Waals surface area (Å²) >= 11 is 0. The van der Waals surface area contributed by atoms with Gasteiger partial charge in [0.25, 0.3) is 0 Å². The first kappa shape index (κ1) is 25.5. The van der Waals surface area contributed by atoms with Crippen molar-refractivity contribution in [3.8, 4) is 5.75 Å². The summed E-state index contributed by atoms with van der Waals surface area (Å²) in [5.41, 5.74) is 0.736. The van der Waals surface area contributed by atoms with Crippen molar-refractivity contribution in [1.29, 1.82) is 0 Å². The molecule has 1 aliphatic heterocycles. The smallest absolute Gasteiger partial charge is 0.221 e. The Hall–Kier alpha value is -1.55. The van der Waals surface area contributed by atoms with Crippen molar-refractivity contribution in [3.63, 3.8) is 0 Å². The molecule has 0 unspecified atom stereocenters. The number of rotatable bonds is 9. The summed E-state index contributed by atoms with van der Waals surface area (Å²) in [6, 6.07) is 7.39. The van der Waals surface area contributed by atoms with Crippen molar-refractivity contribution >= 4 is 41.5 Å². The Bertz CT molecular complexity index is 619. The second kappa shape index (κ2) is 15.3. The molecule has 1 aliphatic rings. The Morgan fingerprint density at radius 2 is 1.86 bits per heavy atom. The van der Waals surface area contributed by atoms with Gasteiger partial charge in [0.2, 0.25) is 5.91 Å². The summed E-state index contributed by atoms with van der Waals surface area (Å²) in [5.74, 6) is 1.43. The van der Waals surface area contributed by atoms with E-state index in [0.717, 1.165) is 36.9 Å². The zero-order valence-corrected chi connectivity index (χ0v) is 20.0. The van der Waals surface area contributed by atoms with Crippen molar-refractivity contribution in [2.75, 3.05) is 51.7 Å². The van der Waals surface area contributed by atoms with Crippen molar-refractivity contribution in [2.45, 2.75) is 39.0 Å². The zero-order chi connectivity index (χ0) is 20.0. The number of anilines is 1. The van der Waals surface area contributed by atoms with Gasteiger partial charge in [-0.25, -0.2) is 0 Å². The Balaban J connectivity index is 0.00000420. The van der Waals surface area contributed by atoms with Crippen LogP contribution in [0.25, 0.3) is 0 Å². The third kappa shape index (κ3) is 11.3. The summed E-state index contributed by atoms with van der Waals surface area (Å²) in [4.78, 5) is 18.0. The molecule has 0 aromatic heterocycles. The molecular weight excluding hydrogens is 481 g/mol. The third-order valence-corrected chi connectivity index (χ3v) is 4.68. The first-order valence-electron chi connectivity index (χ1n) is 10.3. The molecule has 0 radical (unpaired) electrons. The molecule has 0 atom stereocenters. The lowest BCUT2D eigenvalue weighted by molar-refractivity contribution is -0.114. The number of aliphatic imine (C=N–C) groups is 1. The fourth-order valence-electron chi connectivity index (χ4n) is 3.30. The lowest BCUT2D eigenvalue weighted by atomic mass is 10.2. The highest BCUT2D eigenvalue weighted by atomic mass is 127. The lowest BCUT2D eigenvalue weighted by Gasteiger charge is -2.20. The average Bonchev–Trinajstić information content (AvgIpc) is 2.95. The number of nitrogens with zero attached hydrogens (tertiary/aromatic N) is 2. The van der Waals surface area contributed by atoms with Gasteiger partial charge in [0.15, 0.2) is 5.96 Å². The van der Waals surface area contributed by atoms with E-state index in [0.29, 0.717) is 13.2 Å². The fraction of sp³-hybridized carbons (Fsp3) is 0.619. The molecule has 1 heterocycles. The molecule has 1 aromatic carbocycles. The van der Waals surface area contributed by atoms with Gasteiger partial charge in [0, 0.05) is 32.3 Å². The van der Waals surface area contributed by atoms with Gasteiger partial charge in [-0.3, -0.25) is 9.79 Å². The van der Waals surface area contributed by atoms with Crippen LogP contribution in [0.3, 0.4) is 0 Å². The maximum atomic E-state index is 11.1. The number of benzene rings is 1. The number of likely N-dealkylation sites (tertiary alicyclic amines) is 1. The normalized spacial score (nSPS) is 15.0. The van der Waals surface area contributed by atoms with E-state index in [9.17, 15) is 4.79 Å². The van der Waals surface area contributed by atoms with Crippen molar-refractivity contribution in [1.82, 2.24) is 15.5 Å². The highest BCUT2D eigenvalue weighted by molar-refractivity contribution is 14.0. The quantitative estimate of drug-likeness (QED) is 0.203. The molecular formula is C21H36IN5O2. The van der Waals surface area contributed by atoms with Crippen LogP contribution in [0.4, 0.5) is 5.69 Å². The summed E-state index contributed by atoms with van der Waals surface area (Å²) in [5, 5.41) is 9.38. The molecule has 29 heavy (non-hydrogen) atoms. The standard InChI is InChI=1S/C21H35N5O2.HI/c1-18(27)25-19-9-7-10-20(17-19)28-16-12-24-21(22-2)23-11-8-15-26-13-5-3-4-6-14-26;/h7,9-10,17H,3-6,8,11-16H2,1-2H3,(H,25,27)(H2,22,23,24);1H. The Labute approximate surface area is 192 Å². The van der Waals surface area contributed by atoms with Crippen molar-refractivity contribution < 1.29 is 9.53 Å². The number of guanidine groups is 1. The number of amides is 1. The van der Waals surface area contributed by atoms with Crippen LogP contribution in [-0.4, -0.2) is 63.1 Å². The van der Waals surface area contributed by atoms with Gasteiger partial charge in [-0.1, -0.05) is 18.9 Å². The van der Waals surface area contributed by atoms with Gasteiger partial charge in [-0.15, -0.1) is 24.0 Å². The summed E-state index contributed by atoms with van der Waals surface area (Å²) in [6.07, 6.45) is 6.55. The largest absolute Gasteiger partial charge is 0.492 e. The van der Waals surface area contributed by atoms with E-state index in [-0.39, 0.29) is 29.9 Å². The highest BCUT2D eigenvalue weighted by Gasteiger charge is 2.08. The molecule has 7 nitrogen and oxygen atoms in total. The van der Waals surface area contributed by atoms with Crippen LogP contribution in [-0.2, 0) is 4.79 Å². The Morgan fingerprint density at radius 1 is 1.14 bits per heavy atom. The number of halogens is 1. The Kier molecular flexibility index (Phi) is 13.5. The number of ether oxygens (including phenoxy) is 1. The molecule has 164 valence electrons. The van der Waals surface area contributed by atoms with E-state index in [4.69, 9.17) is 4.74 Å². The van der Waals surface area contributed by atoms with Crippen molar-refractivity contribution in [3.05, 3.63) is 24.3 Å². The molecule has 3 N–H and O–H groups in total. The number of hydrogen-bond acceptors (Lipinski definition) is 4. The van der Waals surface area contributed by atoms with Gasteiger partial charge in [0.05, 0.1) is 6.54 Å². The van der Waals surface area contributed by atoms with Crippen LogP contribution in [0.1, 0.15) is 39.0 Å². The molecule has 1 amide bonds. The van der Waals surface area contributed by atoms with E-state index in [1.807, 2.05) is 24.3 Å². The predicted molar refractivity (Wildman–Crippen MR) is 131 cm³/mol. The molecule has 1 saturated heterocycles. The van der Waals surface area contributed by atoms with E-state index in [2.05, 4.69) is 25.8 Å². The van der Waals surface area contributed by atoms with Gasteiger partial charge >= 0.3 is 0 Å². The van der Waals surface area contributed by atoms with Gasteiger partial charge in [-0.05, 0) is 51.0 Å². The minimum absolute atomic E-state index is 0. The molecule has 1 fully saturated rings. The third-order valence-electron chi connectivity index (χ3n) is 4.68. The maximum absolute atomic E-state index is 11.1. The zero-order valence-electron chi connectivity index (χ0n) is 17.7. The van der Waals surface area contributed by atoms with Crippen LogP contribution >= 0.6 is 24.0 Å². The van der Waals surface area contributed by atoms with E-state index >= 15 is 0 Å². The summed E-state index contributed by atoms with van der Waals surface area (Å²) in [6.45, 7) is 7.20. The minimum Gasteiger partial charge on any atom is -0.492 e.